The number of hydrogen-bond donors (Lipinski definition) is 1. The highest BCUT2D eigenvalue weighted by atomic mass is 16.3. The number of carbonyl (C=O) groups is 1. The van der Waals surface area contributed by atoms with E-state index < -0.39 is 5.60 Å². The van der Waals surface area contributed by atoms with Crippen LogP contribution in [0.3, 0.4) is 0 Å². The number of aryl methyl sites for hydroxylation is 1. The fraction of sp³-hybridized carbons (Fsp3) is 0.250. The molecule has 1 aromatic heterocycles. The zero-order chi connectivity index (χ0) is 18.1. The molecule has 2 heterocycles. The summed E-state index contributed by atoms with van der Waals surface area (Å²) in [4.78, 5) is 14.8. The number of nitrogens with zero attached hydrogens (tertiary/aromatic N) is 4. The van der Waals surface area contributed by atoms with Crippen LogP contribution in [0.4, 0.5) is 0 Å². The topological polar surface area (TPSA) is 71.2 Å². The SMILES string of the molecule is Cc1ccccc1[C@@]1(O)CCN(C(=O)c2ccccc2-n2cnnc2)C1. The quantitative estimate of drug-likeness (QED) is 0.788. The van der Waals surface area contributed by atoms with Gasteiger partial charge in [0.25, 0.3) is 5.91 Å². The third-order valence-electron chi connectivity index (χ3n) is 5.01. The minimum Gasteiger partial charge on any atom is -0.383 e. The molecular weight excluding hydrogens is 328 g/mol. The van der Waals surface area contributed by atoms with E-state index in [9.17, 15) is 9.90 Å². The Bertz CT molecular complexity index is 938. The summed E-state index contributed by atoms with van der Waals surface area (Å²) in [6.45, 7) is 2.78. The van der Waals surface area contributed by atoms with Crippen LogP contribution in [0.15, 0.2) is 61.2 Å². The van der Waals surface area contributed by atoms with E-state index in [1.165, 1.54) is 0 Å². The van der Waals surface area contributed by atoms with Crippen LogP contribution < -0.4 is 0 Å². The van der Waals surface area contributed by atoms with Gasteiger partial charge in [-0.15, -0.1) is 10.2 Å². The first-order valence-corrected chi connectivity index (χ1v) is 8.60. The van der Waals surface area contributed by atoms with Gasteiger partial charge < -0.3 is 10.0 Å². The Labute approximate surface area is 151 Å². The smallest absolute Gasteiger partial charge is 0.256 e. The Hall–Kier alpha value is -2.99. The molecule has 132 valence electrons. The minimum absolute atomic E-state index is 0.0983. The van der Waals surface area contributed by atoms with Crippen molar-refractivity contribution in [3.05, 3.63) is 77.9 Å². The number of para-hydroxylation sites is 1. The van der Waals surface area contributed by atoms with Gasteiger partial charge in [0.15, 0.2) is 0 Å². The van der Waals surface area contributed by atoms with E-state index in [-0.39, 0.29) is 12.5 Å². The van der Waals surface area contributed by atoms with Crippen LogP contribution in [-0.4, -0.2) is 43.8 Å². The van der Waals surface area contributed by atoms with Crippen molar-refractivity contribution >= 4 is 5.91 Å². The molecule has 1 fully saturated rings. The number of aliphatic hydroxyl groups is 1. The van der Waals surface area contributed by atoms with Crippen molar-refractivity contribution in [3.63, 3.8) is 0 Å². The Morgan fingerprint density at radius 3 is 2.54 bits per heavy atom. The summed E-state index contributed by atoms with van der Waals surface area (Å²) in [5.74, 6) is -0.0983. The average Bonchev–Trinajstić information content (AvgIpc) is 3.32. The van der Waals surface area contributed by atoms with Gasteiger partial charge >= 0.3 is 0 Å². The summed E-state index contributed by atoms with van der Waals surface area (Å²) >= 11 is 0. The molecule has 1 aliphatic rings. The van der Waals surface area contributed by atoms with E-state index in [2.05, 4.69) is 10.2 Å². The predicted octanol–water partition coefficient (Wildman–Crippen LogP) is 2.31. The van der Waals surface area contributed by atoms with Crippen LogP contribution in [0.2, 0.25) is 0 Å². The van der Waals surface area contributed by atoms with Gasteiger partial charge in [0, 0.05) is 6.54 Å². The van der Waals surface area contributed by atoms with Crippen LogP contribution in [0.5, 0.6) is 0 Å². The van der Waals surface area contributed by atoms with Crippen LogP contribution in [0.25, 0.3) is 5.69 Å². The second-order valence-corrected chi connectivity index (χ2v) is 6.71. The van der Waals surface area contributed by atoms with Gasteiger partial charge in [-0.2, -0.15) is 0 Å². The van der Waals surface area contributed by atoms with E-state index in [1.807, 2.05) is 49.4 Å². The molecular formula is C20H20N4O2. The highest BCUT2D eigenvalue weighted by Gasteiger charge is 2.40. The number of benzene rings is 2. The molecule has 26 heavy (non-hydrogen) atoms. The molecule has 1 atom stereocenters. The normalized spacial score (nSPS) is 19.7. The van der Waals surface area contributed by atoms with E-state index in [1.54, 1.807) is 28.2 Å². The van der Waals surface area contributed by atoms with Crippen molar-refractivity contribution in [1.29, 1.82) is 0 Å². The van der Waals surface area contributed by atoms with Crippen molar-refractivity contribution in [2.24, 2.45) is 0 Å². The third-order valence-corrected chi connectivity index (χ3v) is 5.01. The molecule has 0 saturated carbocycles. The van der Waals surface area contributed by atoms with Gasteiger partial charge in [-0.1, -0.05) is 36.4 Å². The Morgan fingerprint density at radius 2 is 1.77 bits per heavy atom. The highest BCUT2D eigenvalue weighted by molar-refractivity contribution is 5.98. The molecule has 4 rings (SSSR count). The number of carbonyl (C=O) groups excluding carboxylic acids is 1. The van der Waals surface area contributed by atoms with Gasteiger partial charge in [-0.25, -0.2) is 0 Å². The number of hydrogen-bond acceptors (Lipinski definition) is 4. The number of likely N-dealkylation sites (tertiary alicyclic amines) is 1. The first-order chi connectivity index (χ1) is 12.6. The zero-order valence-electron chi connectivity index (χ0n) is 14.5. The number of amides is 1. The van der Waals surface area contributed by atoms with Crippen LogP contribution in [0, 0.1) is 6.92 Å². The Kier molecular flexibility index (Phi) is 4.05. The Balaban J connectivity index is 1.63. The van der Waals surface area contributed by atoms with Crippen molar-refractivity contribution in [3.8, 4) is 5.69 Å². The molecule has 6 nitrogen and oxygen atoms in total. The lowest BCUT2D eigenvalue weighted by Crippen LogP contribution is -2.35. The molecule has 6 heteroatoms. The Morgan fingerprint density at radius 1 is 1.08 bits per heavy atom. The molecule has 1 aliphatic heterocycles. The maximum absolute atomic E-state index is 13.1. The van der Waals surface area contributed by atoms with Crippen molar-refractivity contribution < 1.29 is 9.90 Å². The van der Waals surface area contributed by atoms with E-state index in [4.69, 9.17) is 0 Å². The second kappa shape index (κ2) is 6.38. The van der Waals surface area contributed by atoms with Crippen LogP contribution in [0.1, 0.15) is 27.9 Å². The fourth-order valence-corrected chi connectivity index (χ4v) is 3.66. The van der Waals surface area contributed by atoms with E-state index >= 15 is 0 Å². The lowest BCUT2D eigenvalue weighted by Gasteiger charge is -2.26. The molecule has 1 N–H and O–H groups in total. The van der Waals surface area contributed by atoms with Gasteiger partial charge in [-0.3, -0.25) is 9.36 Å². The maximum Gasteiger partial charge on any atom is 0.256 e. The van der Waals surface area contributed by atoms with Gasteiger partial charge in [0.1, 0.15) is 18.3 Å². The highest BCUT2D eigenvalue weighted by Crippen LogP contribution is 2.34. The fourth-order valence-electron chi connectivity index (χ4n) is 3.66. The molecule has 2 aromatic carbocycles. The molecule has 1 saturated heterocycles. The van der Waals surface area contributed by atoms with Crippen LogP contribution >= 0.6 is 0 Å². The lowest BCUT2D eigenvalue weighted by atomic mass is 9.89. The number of rotatable bonds is 3. The summed E-state index contributed by atoms with van der Waals surface area (Å²) in [5, 5.41) is 18.8. The lowest BCUT2D eigenvalue weighted by molar-refractivity contribution is 0.0412. The van der Waals surface area contributed by atoms with E-state index in [0.717, 1.165) is 16.8 Å². The molecule has 1 amide bonds. The van der Waals surface area contributed by atoms with Crippen LogP contribution in [-0.2, 0) is 5.60 Å². The summed E-state index contributed by atoms with van der Waals surface area (Å²) < 4.78 is 1.72. The number of β-amino-alcohol motifs (C(OH)–C–C–N with tert-alkyl or cyclic N) is 1. The predicted molar refractivity (Wildman–Crippen MR) is 97.0 cm³/mol. The van der Waals surface area contributed by atoms with Crippen molar-refractivity contribution in [2.45, 2.75) is 18.9 Å². The summed E-state index contributed by atoms with van der Waals surface area (Å²) in [6.07, 6.45) is 3.66. The average molecular weight is 348 g/mol. The monoisotopic (exact) mass is 348 g/mol. The third kappa shape index (κ3) is 2.78. The molecule has 0 radical (unpaired) electrons. The first-order valence-electron chi connectivity index (χ1n) is 8.60. The summed E-state index contributed by atoms with van der Waals surface area (Å²) in [6, 6.07) is 15.2. The van der Waals surface area contributed by atoms with Gasteiger partial charge in [-0.05, 0) is 36.6 Å². The standard InChI is InChI=1S/C20H20N4O2/c1-15-6-2-4-8-17(15)20(26)10-11-23(12-20)19(25)16-7-3-5-9-18(16)24-13-21-22-14-24/h2-9,13-14,26H,10-12H2,1H3/t20-/m1/s1. The maximum atomic E-state index is 13.1. The number of aromatic nitrogens is 3. The molecule has 3 aromatic rings. The zero-order valence-corrected chi connectivity index (χ0v) is 14.5. The largest absolute Gasteiger partial charge is 0.383 e. The molecule has 0 spiro atoms. The molecule has 0 unspecified atom stereocenters. The second-order valence-electron chi connectivity index (χ2n) is 6.71. The molecule has 0 aliphatic carbocycles. The van der Waals surface area contributed by atoms with Crippen molar-refractivity contribution in [1.82, 2.24) is 19.7 Å². The summed E-state index contributed by atoms with van der Waals surface area (Å²) in [7, 11) is 0. The first kappa shape index (κ1) is 16.5. The van der Waals surface area contributed by atoms with Crippen molar-refractivity contribution in [2.75, 3.05) is 13.1 Å². The summed E-state index contributed by atoms with van der Waals surface area (Å²) in [5.41, 5.74) is 2.22. The molecule has 0 bridgehead atoms. The van der Waals surface area contributed by atoms with Gasteiger partial charge in [0.05, 0.1) is 17.8 Å². The minimum atomic E-state index is -1.01. The van der Waals surface area contributed by atoms with E-state index in [0.29, 0.717) is 18.5 Å². The van der Waals surface area contributed by atoms with Gasteiger partial charge in [0.2, 0.25) is 0 Å².